The topological polar surface area (TPSA) is 60.9 Å². The number of carboxylic acids is 1. The van der Waals surface area contributed by atoms with Crippen molar-refractivity contribution < 1.29 is 14.7 Å². The van der Waals surface area contributed by atoms with Crippen LogP contribution < -0.4 is 0 Å². The van der Waals surface area contributed by atoms with Gasteiger partial charge in [-0.1, -0.05) is 0 Å². The highest BCUT2D eigenvalue weighted by molar-refractivity contribution is 7.98. The maximum atomic E-state index is 12.4. The standard InChI is InChI=1S/C13H26N2O3S/c1-7-15(13(3,4)11(16)17)12(18)14(5)10(2)8-9-19-6/h10H,7-9H2,1-6H3,(H,16,17). The predicted molar refractivity (Wildman–Crippen MR) is 79.7 cm³/mol. The molecule has 0 aromatic heterocycles. The third kappa shape index (κ3) is 4.60. The zero-order valence-corrected chi connectivity index (χ0v) is 13.6. The van der Waals surface area contributed by atoms with E-state index >= 15 is 0 Å². The van der Waals surface area contributed by atoms with Gasteiger partial charge in [0.25, 0.3) is 0 Å². The molecule has 1 N–H and O–H groups in total. The second kappa shape index (κ2) is 7.62. The number of hydrogen-bond donors (Lipinski definition) is 1. The fraction of sp³-hybridized carbons (Fsp3) is 0.846. The molecule has 0 saturated carbocycles. The Bertz CT molecular complexity index is 321. The summed E-state index contributed by atoms with van der Waals surface area (Å²) in [6, 6.07) is -0.137. The quantitative estimate of drug-likeness (QED) is 0.782. The van der Waals surface area contributed by atoms with Crippen LogP contribution in [0.15, 0.2) is 0 Å². The SMILES string of the molecule is CCN(C(=O)N(C)C(C)CCSC)C(C)(C)C(=O)O. The van der Waals surface area contributed by atoms with Crippen molar-refractivity contribution in [3.05, 3.63) is 0 Å². The predicted octanol–water partition coefficient (Wildman–Crippen LogP) is 2.36. The highest BCUT2D eigenvalue weighted by Crippen LogP contribution is 2.18. The molecule has 0 spiro atoms. The van der Waals surface area contributed by atoms with Gasteiger partial charge >= 0.3 is 12.0 Å². The van der Waals surface area contributed by atoms with E-state index in [-0.39, 0.29) is 12.1 Å². The van der Waals surface area contributed by atoms with Crippen LogP contribution in [-0.4, -0.2) is 64.1 Å². The van der Waals surface area contributed by atoms with E-state index in [0.29, 0.717) is 6.54 Å². The molecule has 0 heterocycles. The fourth-order valence-corrected chi connectivity index (χ4v) is 2.32. The monoisotopic (exact) mass is 290 g/mol. The van der Waals surface area contributed by atoms with Crippen LogP contribution in [0.5, 0.6) is 0 Å². The fourth-order valence-electron chi connectivity index (χ4n) is 1.75. The van der Waals surface area contributed by atoms with Crippen molar-refractivity contribution in [2.75, 3.05) is 25.6 Å². The Morgan fingerprint density at radius 1 is 1.37 bits per heavy atom. The van der Waals surface area contributed by atoms with Crippen LogP contribution in [0.2, 0.25) is 0 Å². The van der Waals surface area contributed by atoms with Crippen LogP contribution in [0.4, 0.5) is 4.79 Å². The molecule has 0 bridgehead atoms. The molecule has 0 saturated heterocycles. The van der Waals surface area contributed by atoms with Crippen LogP contribution >= 0.6 is 11.8 Å². The van der Waals surface area contributed by atoms with E-state index in [1.165, 1.54) is 4.90 Å². The number of carbonyl (C=O) groups excluding carboxylic acids is 1. The number of thioether (sulfide) groups is 1. The summed E-state index contributed by atoms with van der Waals surface area (Å²) in [5.74, 6) is -0.0133. The lowest BCUT2D eigenvalue weighted by Gasteiger charge is -2.38. The van der Waals surface area contributed by atoms with Crippen molar-refractivity contribution in [1.29, 1.82) is 0 Å². The van der Waals surface area contributed by atoms with Gasteiger partial charge in [0.2, 0.25) is 0 Å². The minimum atomic E-state index is -1.20. The average molecular weight is 290 g/mol. The second-order valence-electron chi connectivity index (χ2n) is 5.13. The van der Waals surface area contributed by atoms with E-state index in [1.807, 2.05) is 13.2 Å². The summed E-state index contributed by atoms with van der Waals surface area (Å²) in [5, 5.41) is 9.24. The first-order valence-corrected chi connectivity index (χ1v) is 7.86. The number of amides is 2. The van der Waals surface area contributed by atoms with Gasteiger partial charge in [-0.2, -0.15) is 11.8 Å². The van der Waals surface area contributed by atoms with Gasteiger partial charge in [-0.05, 0) is 46.1 Å². The smallest absolute Gasteiger partial charge is 0.329 e. The Balaban J connectivity index is 4.89. The van der Waals surface area contributed by atoms with Gasteiger partial charge in [0.15, 0.2) is 0 Å². The Morgan fingerprint density at radius 2 is 1.89 bits per heavy atom. The lowest BCUT2D eigenvalue weighted by atomic mass is 10.0. The summed E-state index contributed by atoms with van der Waals surface area (Å²) in [6.07, 6.45) is 2.93. The van der Waals surface area contributed by atoms with Gasteiger partial charge < -0.3 is 14.9 Å². The molecule has 6 heteroatoms. The summed E-state index contributed by atoms with van der Waals surface area (Å²) in [7, 11) is 1.73. The number of aliphatic carboxylic acids is 1. The van der Waals surface area contributed by atoms with Crippen LogP contribution in [-0.2, 0) is 4.79 Å². The number of likely N-dealkylation sites (N-methyl/N-ethyl adjacent to an activating group) is 1. The number of rotatable bonds is 7. The van der Waals surface area contributed by atoms with Crippen LogP contribution in [0.25, 0.3) is 0 Å². The third-order valence-electron chi connectivity index (χ3n) is 3.45. The molecule has 112 valence electrons. The largest absolute Gasteiger partial charge is 0.480 e. The summed E-state index contributed by atoms with van der Waals surface area (Å²) in [6.45, 7) is 7.25. The molecule has 0 aliphatic carbocycles. The first kappa shape index (κ1) is 18.1. The number of carboxylic acid groups (broad SMARTS) is 1. The molecule has 0 aromatic carbocycles. The van der Waals surface area contributed by atoms with Crippen molar-refractivity contribution in [3.8, 4) is 0 Å². The normalized spacial score (nSPS) is 12.9. The molecule has 0 aliphatic heterocycles. The van der Waals surface area contributed by atoms with Crippen molar-refractivity contribution in [2.24, 2.45) is 0 Å². The molecular formula is C13H26N2O3S. The van der Waals surface area contributed by atoms with E-state index in [1.54, 1.807) is 44.5 Å². The zero-order valence-electron chi connectivity index (χ0n) is 12.8. The molecule has 0 fully saturated rings. The summed E-state index contributed by atoms with van der Waals surface area (Å²) in [4.78, 5) is 26.7. The second-order valence-corrected chi connectivity index (χ2v) is 6.12. The van der Waals surface area contributed by atoms with E-state index < -0.39 is 11.5 Å². The van der Waals surface area contributed by atoms with Crippen molar-refractivity contribution in [2.45, 2.75) is 45.7 Å². The van der Waals surface area contributed by atoms with Crippen LogP contribution in [0, 0.1) is 0 Å². The third-order valence-corrected chi connectivity index (χ3v) is 4.09. The summed E-state index contributed by atoms with van der Waals surface area (Å²) in [5.41, 5.74) is -1.20. The molecule has 0 aromatic rings. The number of hydrogen-bond acceptors (Lipinski definition) is 3. The maximum Gasteiger partial charge on any atom is 0.329 e. The Hall–Kier alpha value is -0.910. The maximum absolute atomic E-state index is 12.4. The first-order valence-electron chi connectivity index (χ1n) is 6.46. The van der Waals surface area contributed by atoms with Gasteiger partial charge in [0.05, 0.1) is 0 Å². The Labute approximate surface area is 120 Å². The molecule has 1 unspecified atom stereocenters. The van der Waals surface area contributed by atoms with E-state index in [2.05, 4.69) is 0 Å². The number of nitrogens with zero attached hydrogens (tertiary/aromatic N) is 2. The minimum absolute atomic E-state index is 0.0959. The summed E-state index contributed by atoms with van der Waals surface area (Å²) >= 11 is 1.74. The molecule has 0 rings (SSSR count). The molecule has 0 radical (unpaired) electrons. The van der Waals surface area contributed by atoms with Gasteiger partial charge in [-0.25, -0.2) is 9.59 Å². The highest BCUT2D eigenvalue weighted by Gasteiger charge is 2.38. The Morgan fingerprint density at radius 3 is 2.26 bits per heavy atom. The first-order chi connectivity index (χ1) is 8.69. The van der Waals surface area contributed by atoms with E-state index in [4.69, 9.17) is 0 Å². The van der Waals surface area contributed by atoms with E-state index in [9.17, 15) is 14.7 Å². The lowest BCUT2D eigenvalue weighted by molar-refractivity contribution is -0.147. The van der Waals surface area contributed by atoms with Gasteiger partial charge in [0.1, 0.15) is 5.54 Å². The van der Waals surface area contributed by atoms with E-state index in [0.717, 1.165) is 12.2 Å². The molecule has 5 nitrogen and oxygen atoms in total. The zero-order chi connectivity index (χ0) is 15.2. The number of carbonyl (C=O) groups is 2. The molecule has 19 heavy (non-hydrogen) atoms. The van der Waals surface area contributed by atoms with Crippen LogP contribution in [0.3, 0.4) is 0 Å². The van der Waals surface area contributed by atoms with Gasteiger partial charge in [-0.15, -0.1) is 0 Å². The average Bonchev–Trinajstić information content (AvgIpc) is 2.34. The number of urea groups is 1. The Kier molecular flexibility index (Phi) is 7.26. The van der Waals surface area contributed by atoms with Gasteiger partial charge in [-0.3, -0.25) is 0 Å². The van der Waals surface area contributed by atoms with Gasteiger partial charge in [0, 0.05) is 19.6 Å². The van der Waals surface area contributed by atoms with Crippen molar-refractivity contribution >= 4 is 23.8 Å². The van der Waals surface area contributed by atoms with Crippen molar-refractivity contribution in [3.63, 3.8) is 0 Å². The molecular weight excluding hydrogens is 264 g/mol. The molecule has 1 atom stereocenters. The van der Waals surface area contributed by atoms with Crippen molar-refractivity contribution in [1.82, 2.24) is 9.80 Å². The lowest BCUT2D eigenvalue weighted by Crippen LogP contribution is -2.57. The molecule has 2 amide bonds. The minimum Gasteiger partial charge on any atom is -0.480 e. The highest BCUT2D eigenvalue weighted by atomic mass is 32.2. The van der Waals surface area contributed by atoms with Crippen LogP contribution in [0.1, 0.15) is 34.1 Å². The molecule has 0 aliphatic rings. The summed E-state index contributed by atoms with van der Waals surface area (Å²) < 4.78 is 0.